The van der Waals surface area contributed by atoms with E-state index in [0.717, 1.165) is 11.1 Å². The normalized spacial score (nSPS) is 14.8. The first-order chi connectivity index (χ1) is 15.6. The van der Waals surface area contributed by atoms with Crippen LogP contribution in [0.25, 0.3) is 0 Å². The molecule has 32 heavy (non-hydrogen) atoms. The van der Waals surface area contributed by atoms with Crippen LogP contribution in [-0.2, 0) is 0 Å². The molecular formula is C27H25N3O2. The van der Waals surface area contributed by atoms with Crippen LogP contribution in [0.1, 0.15) is 51.2 Å². The van der Waals surface area contributed by atoms with Crippen LogP contribution in [0.2, 0.25) is 0 Å². The van der Waals surface area contributed by atoms with Crippen LogP contribution in [0.4, 0.5) is 0 Å². The number of carbonyl (C=O) groups excluding carboxylic acids is 2. The molecule has 0 saturated heterocycles. The summed E-state index contributed by atoms with van der Waals surface area (Å²) in [6.45, 7) is 2.25. The molecule has 2 unspecified atom stereocenters. The summed E-state index contributed by atoms with van der Waals surface area (Å²) in [5.41, 5.74) is 3.06. The second-order valence-corrected chi connectivity index (χ2v) is 8.21. The van der Waals surface area contributed by atoms with Crippen LogP contribution in [0.5, 0.6) is 0 Å². The fraction of sp³-hybridized carbons (Fsp3) is 0.222. The number of carbonyl (C=O) groups is 2. The average Bonchev–Trinajstić information content (AvgIpc) is 3.07. The monoisotopic (exact) mass is 423 g/mol. The molecule has 0 fully saturated rings. The van der Waals surface area contributed by atoms with Crippen LogP contribution in [0, 0.1) is 17.2 Å². The molecule has 5 nitrogen and oxygen atoms in total. The SMILES string of the molecule is CC(CC(C#N)NC(c1ccccc1)c1ccccc1)CN1C(=O)c2ccccc2C1=O. The Morgan fingerprint density at radius 2 is 1.28 bits per heavy atom. The van der Waals surface area contributed by atoms with Crippen molar-refractivity contribution in [3.63, 3.8) is 0 Å². The van der Waals surface area contributed by atoms with Gasteiger partial charge in [-0.1, -0.05) is 79.7 Å². The lowest BCUT2D eigenvalue weighted by Gasteiger charge is -2.26. The molecule has 1 aliphatic heterocycles. The number of nitriles is 1. The minimum atomic E-state index is -0.439. The van der Waals surface area contributed by atoms with Crippen LogP contribution in [0.15, 0.2) is 84.9 Å². The smallest absolute Gasteiger partial charge is 0.261 e. The van der Waals surface area contributed by atoms with Gasteiger partial charge in [0, 0.05) is 6.54 Å². The van der Waals surface area contributed by atoms with Crippen LogP contribution in [-0.4, -0.2) is 29.3 Å². The van der Waals surface area contributed by atoms with Gasteiger partial charge in [0.15, 0.2) is 0 Å². The largest absolute Gasteiger partial charge is 0.291 e. The maximum atomic E-state index is 12.7. The Kier molecular flexibility index (Phi) is 6.44. The summed E-state index contributed by atoms with van der Waals surface area (Å²) in [6.07, 6.45) is 0.514. The van der Waals surface area contributed by atoms with E-state index >= 15 is 0 Å². The van der Waals surface area contributed by atoms with Crippen molar-refractivity contribution in [3.8, 4) is 6.07 Å². The lowest BCUT2D eigenvalue weighted by atomic mass is 9.95. The molecule has 3 aromatic rings. The molecule has 2 amide bonds. The standard InChI is InChI=1S/C27H25N3O2/c1-19(18-30-26(31)23-14-8-9-15-24(23)27(30)32)16-22(17-28)29-25(20-10-4-2-5-11-20)21-12-6-3-7-13-21/h2-15,19,22,25,29H,16,18H2,1H3. The minimum absolute atomic E-state index is 0.0402. The molecule has 0 saturated carbocycles. The molecule has 0 bridgehead atoms. The van der Waals surface area contributed by atoms with E-state index in [2.05, 4.69) is 11.4 Å². The van der Waals surface area contributed by atoms with Crippen LogP contribution in [0.3, 0.4) is 0 Å². The lowest BCUT2D eigenvalue weighted by molar-refractivity contribution is 0.0628. The third-order valence-corrected chi connectivity index (χ3v) is 5.80. The summed E-state index contributed by atoms with van der Waals surface area (Å²) < 4.78 is 0. The van der Waals surface area contributed by atoms with E-state index in [4.69, 9.17) is 0 Å². The zero-order valence-electron chi connectivity index (χ0n) is 17.9. The molecule has 5 heteroatoms. The van der Waals surface area contributed by atoms with Gasteiger partial charge >= 0.3 is 0 Å². The van der Waals surface area contributed by atoms with E-state index < -0.39 is 6.04 Å². The van der Waals surface area contributed by atoms with E-state index in [0.29, 0.717) is 17.5 Å². The summed E-state index contributed by atoms with van der Waals surface area (Å²) in [5, 5.41) is 13.3. The van der Waals surface area contributed by atoms with Crippen molar-refractivity contribution in [2.24, 2.45) is 5.92 Å². The van der Waals surface area contributed by atoms with E-state index in [-0.39, 0.29) is 30.3 Å². The molecule has 0 aromatic heterocycles. The number of amides is 2. The van der Waals surface area contributed by atoms with Crippen molar-refractivity contribution < 1.29 is 9.59 Å². The van der Waals surface area contributed by atoms with Gasteiger partial charge in [0.25, 0.3) is 11.8 Å². The van der Waals surface area contributed by atoms with E-state index in [1.54, 1.807) is 24.3 Å². The molecule has 2 atom stereocenters. The average molecular weight is 424 g/mol. The molecule has 160 valence electrons. The Morgan fingerprint density at radius 1 is 0.812 bits per heavy atom. The van der Waals surface area contributed by atoms with Crippen LogP contribution < -0.4 is 5.32 Å². The number of imide groups is 1. The molecule has 3 aromatic carbocycles. The summed E-state index contributed by atoms with van der Waals surface area (Å²) in [5.74, 6) is -0.558. The summed E-state index contributed by atoms with van der Waals surface area (Å²) in [7, 11) is 0. The lowest BCUT2D eigenvalue weighted by Crippen LogP contribution is -2.38. The quantitative estimate of drug-likeness (QED) is 0.538. The van der Waals surface area contributed by atoms with Gasteiger partial charge in [-0.05, 0) is 35.6 Å². The number of nitrogens with zero attached hydrogens (tertiary/aromatic N) is 2. The highest BCUT2D eigenvalue weighted by Gasteiger charge is 2.36. The highest BCUT2D eigenvalue weighted by molar-refractivity contribution is 6.21. The Bertz CT molecular complexity index is 1060. The van der Waals surface area contributed by atoms with Crippen molar-refractivity contribution in [2.75, 3.05) is 6.54 Å². The predicted octanol–water partition coefficient (Wildman–Crippen LogP) is 4.58. The van der Waals surface area contributed by atoms with E-state index in [1.165, 1.54) is 4.90 Å². The van der Waals surface area contributed by atoms with Gasteiger partial charge in [0.2, 0.25) is 0 Å². The zero-order chi connectivity index (χ0) is 22.5. The first-order valence-electron chi connectivity index (χ1n) is 10.8. The number of fused-ring (bicyclic) bond motifs is 1. The predicted molar refractivity (Wildman–Crippen MR) is 123 cm³/mol. The Morgan fingerprint density at radius 3 is 1.75 bits per heavy atom. The fourth-order valence-electron chi connectivity index (χ4n) is 4.23. The molecule has 0 spiro atoms. The summed E-state index contributed by atoms with van der Waals surface area (Å²) in [6, 6.07) is 28.7. The minimum Gasteiger partial charge on any atom is -0.291 e. The van der Waals surface area contributed by atoms with Crippen molar-refractivity contribution >= 4 is 11.8 Å². The van der Waals surface area contributed by atoms with Gasteiger partial charge in [0.1, 0.15) is 0 Å². The first kappa shape index (κ1) is 21.5. The summed E-state index contributed by atoms with van der Waals surface area (Å²) >= 11 is 0. The highest BCUT2D eigenvalue weighted by Crippen LogP contribution is 2.26. The number of hydrogen-bond donors (Lipinski definition) is 1. The number of benzene rings is 3. The molecule has 0 aliphatic carbocycles. The topological polar surface area (TPSA) is 73.2 Å². The summed E-state index contributed by atoms with van der Waals surface area (Å²) in [4.78, 5) is 26.6. The van der Waals surface area contributed by atoms with Gasteiger partial charge < -0.3 is 0 Å². The molecule has 0 radical (unpaired) electrons. The Labute approximate surface area is 188 Å². The molecule has 1 aliphatic rings. The van der Waals surface area contributed by atoms with Crippen LogP contribution >= 0.6 is 0 Å². The first-order valence-corrected chi connectivity index (χ1v) is 10.8. The van der Waals surface area contributed by atoms with E-state index in [1.807, 2.05) is 67.6 Å². The number of rotatable bonds is 8. The second kappa shape index (κ2) is 9.59. The fourth-order valence-corrected chi connectivity index (χ4v) is 4.23. The van der Waals surface area contributed by atoms with Crippen molar-refractivity contribution in [3.05, 3.63) is 107 Å². The Hall–Kier alpha value is -3.75. The maximum Gasteiger partial charge on any atom is 0.261 e. The van der Waals surface area contributed by atoms with E-state index in [9.17, 15) is 14.9 Å². The van der Waals surface area contributed by atoms with Crippen molar-refractivity contribution in [2.45, 2.75) is 25.4 Å². The molecule has 1 N–H and O–H groups in total. The number of nitrogens with one attached hydrogen (secondary N) is 1. The van der Waals surface area contributed by atoms with Gasteiger partial charge in [0.05, 0.1) is 29.3 Å². The third kappa shape index (κ3) is 4.46. The second-order valence-electron chi connectivity index (χ2n) is 8.21. The van der Waals surface area contributed by atoms with Crippen molar-refractivity contribution in [1.29, 1.82) is 5.26 Å². The third-order valence-electron chi connectivity index (χ3n) is 5.80. The van der Waals surface area contributed by atoms with Gasteiger partial charge in [-0.15, -0.1) is 0 Å². The van der Waals surface area contributed by atoms with Gasteiger partial charge in [-0.25, -0.2) is 0 Å². The molecule has 4 rings (SSSR count). The number of hydrogen-bond acceptors (Lipinski definition) is 4. The maximum absolute atomic E-state index is 12.7. The van der Waals surface area contributed by atoms with Crippen molar-refractivity contribution in [1.82, 2.24) is 10.2 Å². The highest BCUT2D eigenvalue weighted by atomic mass is 16.2. The van der Waals surface area contributed by atoms with Gasteiger partial charge in [-0.3, -0.25) is 19.8 Å². The zero-order valence-corrected chi connectivity index (χ0v) is 17.9. The molecule has 1 heterocycles. The molecular weight excluding hydrogens is 398 g/mol. The van der Waals surface area contributed by atoms with Gasteiger partial charge in [-0.2, -0.15) is 5.26 Å². The Balaban J connectivity index is 1.46.